The lowest BCUT2D eigenvalue weighted by Gasteiger charge is -2.29. The van der Waals surface area contributed by atoms with Crippen LogP contribution in [0.3, 0.4) is 0 Å². The maximum Gasteiger partial charge on any atom is 0.227 e. The molecule has 1 aliphatic rings. The van der Waals surface area contributed by atoms with E-state index in [1.807, 2.05) is 72.8 Å². The number of halogens is 1. The van der Waals surface area contributed by atoms with Gasteiger partial charge in [-0.25, -0.2) is 0 Å². The highest BCUT2D eigenvalue weighted by Gasteiger charge is 2.26. The summed E-state index contributed by atoms with van der Waals surface area (Å²) in [6.45, 7) is 0.0676. The number of anilines is 1. The summed E-state index contributed by atoms with van der Waals surface area (Å²) < 4.78 is 0.985. The third-order valence-corrected chi connectivity index (χ3v) is 5.35. The number of hydrogen-bond donors (Lipinski definition) is 0. The Balaban J connectivity index is 1.55. The van der Waals surface area contributed by atoms with Crippen LogP contribution in [-0.4, -0.2) is 18.2 Å². The third-order valence-electron chi connectivity index (χ3n) is 4.86. The molecule has 0 bridgehead atoms. The van der Waals surface area contributed by atoms with Gasteiger partial charge in [-0.3, -0.25) is 9.59 Å². The summed E-state index contributed by atoms with van der Waals surface area (Å²) in [5.41, 5.74) is 4.73. The van der Waals surface area contributed by atoms with Crippen molar-refractivity contribution in [2.24, 2.45) is 0 Å². The first kappa shape index (κ1) is 17.7. The Bertz CT molecular complexity index is 997. The number of rotatable bonds is 4. The summed E-state index contributed by atoms with van der Waals surface area (Å²) in [5.74, 6) is -0.0576. The predicted molar refractivity (Wildman–Crippen MR) is 111 cm³/mol. The molecule has 0 saturated heterocycles. The van der Waals surface area contributed by atoms with E-state index in [0.29, 0.717) is 18.4 Å². The lowest BCUT2D eigenvalue weighted by Crippen LogP contribution is -2.39. The molecule has 0 spiro atoms. The number of aryl methyl sites for hydroxylation is 1. The van der Waals surface area contributed by atoms with Crippen molar-refractivity contribution in [2.45, 2.75) is 12.8 Å². The number of hydrogen-bond acceptors (Lipinski definition) is 2. The summed E-state index contributed by atoms with van der Waals surface area (Å²) >= 11 is 3.47. The van der Waals surface area contributed by atoms with Crippen LogP contribution in [0.25, 0.3) is 11.1 Å². The molecule has 3 aromatic rings. The van der Waals surface area contributed by atoms with E-state index in [1.54, 1.807) is 4.90 Å². The van der Waals surface area contributed by atoms with Crippen molar-refractivity contribution in [3.8, 4) is 11.1 Å². The third kappa shape index (κ3) is 3.71. The Morgan fingerprint density at radius 3 is 2.33 bits per heavy atom. The zero-order chi connectivity index (χ0) is 18.8. The molecule has 0 saturated carbocycles. The van der Waals surface area contributed by atoms with Gasteiger partial charge in [0, 0.05) is 22.1 Å². The number of ketones is 1. The second-order valence-corrected chi connectivity index (χ2v) is 7.54. The molecule has 1 amide bonds. The number of nitrogens with zero attached hydrogens (tertiary/aromatic N) is 1. The van der Waals surface area contributed by atoms with Gasteiger partial charge in [0.05, 0.1) is 6.54 Å². The van der Waals surface area contributed by atoms with E-state index < -0.39 is 0 Å². The average Bonchev–Trinajstić information content (AvgIpc) is 2.71. The van der Waals surface area contributed by atoms with E-state index in [2.05, 4.69) is 15.9 Å². The van der Waals surface area contributed by atoms with E-state index >= 15 is 0 Å². The summed E-state index contributed by atoms with van der Waals surface area (Å²) in [6, 6.07) is 23.4. The summed E-state index contributed by atoms with van der Waals surface area (Å²) in [4.78, 5) is 26.8. The monoisotopic (exact) mass is 419 g/mol. The van der Waals surface area contributed by atoms with E-state index in [4.69, 9.17) is 0 Å². The molecule has 3 nitrogen and oxygen atoms in total. The van der Waals surface area contributed by atoms with Crippen LogP contribution in [0.1, 0.15) is 22.3 Å². The van der Waals surface area contributed by atoms with Crippen LogP contribution < -0.4 is 4.90 Å². The highest BCUT2D eigenvalue weighted by atomic mass is 79.9. The Morgan fingerprint density at radius 2 is 1.59 bits per heavy atom. The number of carbonyl (C=O) groups is 2. The zero-order valence-corrected chi connectivity index (χ0v) is 16.3. The van der Waals surface area contributed by atoms with Crippen LogP contribution in [0, 0.1) is 0 Å². The molecule has 1 aliphatic heterocycles. The largest absolute Gasteiger partial charge is 0.304 e. The van der Waals surface area contributed by atoms with E-state index in [9.17, 15) is 9.59 Å². The van der Waals surface area contributed by atoms with Crippen LogP contribution >= 0.6 is 15.9 Å². The first-order chi connectivity index (χ1) is 13.1. The number of benzene rings is 3. The lowest BCUT2D eigenvalue weighted by atomic mass is 9.99. The van der Waals surface area contributed by atoms with Gasteiger partial charge in [-0.05, 0) is 41.3 Å². The molecular formula is C23H18BrNO2. The molecular weight excluding hydrogens is 402 g/mol. The van der Waals surface area contributed by atoms with E-state index in [0.717, 1.165) is 26.9 Å². The van der Waals surface area contributed by atoms with Crippen molar-refractivity contribution in [2.75, 3.05) is 11.4 Å². The second-order valence-electron chi connectivity index (χ2n) is 6.62. The van der Waals surface area contributed by atoms with E-state index in [1.165, 1.54) is 0 Å². The topological polar surface area (TPSA) is 37.4 Å². The SMILES string of the molecule is O=C(CN1C(=O)CCc2cc(Br)ccc21)c1ccc(-c2ccccc2)cc1. The van der Waals surface area contributed by atoms with Gasteiger partial charge < -0.3 is 4.90 Å². The molecule has 0 unspecified atom stereocenters. The molecule has 3 aromatic carbocycles. The first-order valence-electron chi connectivity index (χ1n) is 8.89. The van der Waals surface area contributed by atoms with Crippen molar-refractivity contribution in [3.05, 3.63) is 88.4 Å². The predicted octanol–water partition coefficient (Wildman–Crippen LogP) is 5.28. The number of amides is 1. The van der Waals surface area contributed by atoms with Crippen LogP contribution in [0.2, 0.25) is 0 Å². The molecule has 0 aromatic heterocycles. The van der Waals surface area contributed by atoms with Crippen molar-refractivity contribution in [1.82, 2.24) is 0 Å². The summed E-state index contributed by atoms with van der Waals surface area (Å²) in [5, 5.41) is 0. The normalized spacial score (nSPS) is 13.4. The molecule has 0 fully saturated rings. The maximum atomic E-state index is 12.8. The molecule has 0 aliphatic carbocycles. The molecule has 134 valence electrons. The van der Waals surface area contributed by atoms with Gasteiger partial charge >= 0.3 is 0 Å². The molecule has 0 N–H and O–H groups in total. The molecule has 0 radical (unpaired) electrons. The van der Waals surface area contributed by atoms with Crippen molar-refractivity contribution >= 4 is 33.3 Å². The minimum atomic E-state index is -0.0567. The molecule has 27 heavy (non-hydrogen) atoms. The number of fused-ring (bicyclic) bond motifs is 1. The average molecular weight is 420 g/mol. The van der Waals surface area contributed by atoms with Gasteiger partial charge in [-0.2, -0.15) is 0 Å². The van der Waals surface area contributed by atoms with Crippen LogP contribution in [-0.2, 0) is 11.2 Å². The minimum Gasteiger partial charge on any atom is -0.304 e. The van der Waals surface area contributed by atoms with Gasteiger partial charge in [-0.1, -0.05) is 70.5 Å². The Hall–Kier alpha value is -2.72. The van der Waals surface area contributed by atoms with Crippen molar-refractivity contribution < 1.29 is 9.59 Å². The zero-order valence-electron chi connectivity index (χ0n) is 14.7. The van der Waals surface area contributed by atoms with Gasteiger partial charge in [0.1, 0.15) is 0 Å². The van der Waals surface area contributed by atoms with Crippen LogP contribution in [0.15, 0.2) is 77.3 Å². The minimum absolute atomic E-state index is 0.000854. The number of Topliss-reactive ketones (excluding diaryl/α,β-unsaturated/α-hetero) is 1. The molecule has 1 heterocycles. The van der Waals surface area contributed by atoms with Crippen LogP contribution in [0.5, 0.6) is 0 Å². The fourth-order valence-corrected chi connectivity index (χ4v) is 3.82. The summed E-state index contributed by atoms with van der Waals surface area (Å²) in [7, 11) is 0. The molecule has 4 rings (SSSR count). The van der Waals surface area contributed by atoms with Crippen molar-refractivity contribution in [3.63, 3.8) is 0 Å². The van der Waals surface area contributed by atoms with Gasteiger partial charge in [-0.15, -0.1) is 0 Å². The lowest BCUT2D eigenvalue weighted by molar-refractivity contribution is -0.118. The quantitative estimate of drug-likeness (QED) is 0.539. The fraction of sp³-hybridized carbons (Fsp3) is 0.130. The highest BCUT2D eigenvalue weighted by molar-refractivity contribution is 9.10. The Kier molecular flexibility index (Phi) is 4.90. The van der Waals surface area contributed by atoms with Crippen LogP contribution in [0.4, 0.5) is 5.69 Å². The fourth-order valence-electron chi connectivity index (χ4n) is 3.42. The van der Waals surface area contributed by atoms with Gasteiger partial charge in [0.2, 0.25) is 5.91 Å². The van der Waals surface area contributed by atoms with Gasteiger partial charge in [0.25, 0.3) is 0 Å². The standard InChI is InChI=1S/C23H18BrNO2/c24-20-11-12-21-19(14-20)10-13-23(27)25(21)15-22(26)18-8-6-17(7-9-18)16-4-2-1-3-5-16/h1-9,11-12,14H,10,13,15H2. The van der Waals surface area contributed by atoms with Crippen molar-refractivity contribution in [1.29, 1.82) is 0 Å². The summed E-state index contributed by atoms with van der Waals surface area (Å²) in [6.07, 6.45) is 1.15. The smallest absolute Gasteiger partial charge is 0.227 e. The van der Waals surface area contributed by atoms with Gasteiger partial charge in [0.15, 0.2) is 5.78 Å². The number of carbonyl (C=O) groups excluding carboxylic acids is 2. The maximum absolute atomic E-state index is 12.8. The molecule has 0 atom stereocenters. The first-order valence-corrected chi connectivity index (χ1v) is 9.68. The highest BCUT2D eigenvalue weighted by Crippen LogP contribution is 2.30. The van der Waals surface area contributed by atoms with E-state index in [-0.39, 0.29) is 18.2 Å². The Labute approximate surface area is 166 Å². The molecule has 4 heteroatoms. The Morgan fingerprint density at radius 1 is 0.889 bits per heavy atom. The second kappa shape index (κ2) is 7.49.